The van der Waals surface area contributed by atoms with Gasteiger partial charge in [-0.25, -0.2) is 0 Å². The molecule has 0 aromatic heterocycles. The van der Waals surface area contributed by atoms with E-state index in [9.17, 15) is 9.90 Å². The number of carbonyl (C=O) groups excluding carboxylic acids is 1. The Labute approximate surface area is 105 Å². The molecule has 1 amide bonds. The highest BCUT2D eigenvalue weighted by Crippen LogP contribution is 2.24. The van der Waals surface area contributed by atoms with Crippen molar-refractivity contribution in [2.24, 2.45) is 17.1 Å². The first kappa shape index (κ1) is 16.4. The van der Waals surface area contributed by atoms with Crippen molar-refractivity contribution in [3.05, 3.63) is 0 Å². The van der Waals surface area contributed by atoms with Crippen LogP contribution in [0.4, 0.5) is 0 Å². The smallest absolute Gasteiger partial charge is 0.237 e. The summed E-state index contributed by atoms with van der Waals surface area (Å²) in [5, 5.41) is 12.3. The van der Waals surface area contributed by atoms with Crippen molar-refractivity contribution < 1.29 is 9.90 Å². The Hall–Kier alpha value is -0.610. The third-order valence-corrected chi connectivity index (χ3v) is 4.03. The van der Waals surface area contributed by atoms with Crippen LogP contribution in [0.3, 0.4) is 0 Å². The van der Waals surface area contributed by atoms with Gasteiger partial charge in [-0.1, -0.05) is 34.1 Å². The van der Waals surface area contributed by atoms with Crippen molar-refractivity contribution in [1.29, 1.82) is 0 Å². The van der Waals surface area contributed by atoms with Crippen LogP contribution in [-0.4, -0.2) is 30.2 Å². The van der Waals surface area contributed by atoms with Crippen molar-refractivity contribution in [3.8, 4) is 0 Å². The summed E-state index contributed by atoms with van der Waals surface area (Å²) < 4.78 is 0. The molecule has 0 heterocycles. The normalized spacial score (nSPS) is 15.4. The highest BCUT2D eigenvalue weighted by molar-refractivity contribution is 5.81. The quantitative estimate of drug-likeness (QED) is 0.602. The second-order valence-corrected chi connectivity index (χ2v) is 4.99. The summed E-state index contributed by atoms with van der Waals surface area (Å²) >= 11 is 0. The molecule has 0 saturated heterocycles. The Bertz CT molecular complexity index is 219. The highest BCUT2D eigenvalue weighted by Gasteiger charge is 2.27. The van der Waals surface area contributed by atoms with Gasteiger partial charge in [-0.15, -0.1) is 0 Å². The lowest BCUT2D eigenvalue weighted by molar-refractivity contribution is -0.124. The van der Waals surface area contributed by atoms with Gasteiger partial charge in [0, 0.05) is 12.0 Å². The van der Waals surface area contributed by atoms with Crippen molar-refractivity contribution in [2.75, 3.05) is 13.2 Å². The predicted molar refractivity (Wildman–Crippen MR) is 70.5 cm³/mol. The number of nitrogens with two attached hydrogens (primary N) is 1. The number of hydrogen-bond donors (Lipinski definition) is 3. The van der Waals surface area contributed by atoms with E-state index < -0.39 is 6.04 Å². The fourth-order valence-corrected chi connectivity index (χ4v) is 1.68. The molecule has 4 heteroatoms. The molecule has 0 rings (SSSR count). The first-order valence-corrected chi connectivity index (χ1v) is 6.60. The predicted octanol–water partition coefficient (Wildman–Crippen LogP) is 1.27. The number of hydrogen-bond acceptors (Lipinski definition) is 3. The van der Waals surface area contributed by atoms with E-state index in [1.165, 1.54) is 0 Å². The average Bonchev–Trinajstić information content (AvgIpc) is 2.38. The minimum Gasteiger partial charge on any atom is -0.396 e. The van der Waals surface area contributed by atoms with Gasteiger partial charge >= 0.3 is 0 Å². The molecule has 0 aliphatic rings. The molecular weight excluding hydrogens is 216 g/mol. The van der Waals surface area contributed by atoms with E-state index in [1.54, 1.807) is 0 Å². The van der Waals surface area contributed by atoms with Crippen LogP contribution in [0.25, 0.3) is 0 Å². The van der Waals surface area contributed by atoms with Gasteiger partial charge in [0.25, 0.3) is 0 Å². The molecule has 0 radical (unpaired) electrons. The molecule has 0 bridgehead atoms. The van der Waals surface area contributed by atoms with Crippen molar-refractivity contribution in [1.82, 2.24) is 5.32 Å². The maximum absolute atomic E-state index is 11.8. The minimum absolute atomic E-state index is 0.0961. The summed E-state index contributed by atoms with van der Waals surface area (Å²) in [6.07, 6.45) is 2.58. The van der Waals surface area contributed by atoms with E-state index in [2.05, 4.69) is 5.32 Å². The van der Waals surface area contributed by atoms with Crippen LogP contribution in [0.2, 0.25) is 0 Å². The van der Waals surface area contributed by atoms with E-state index in [0.717, 1.165) is 19.3 Å². The van der Waals surface area contributed by atoms with Gasteiger partial charge < -0.3 is 16.2 Å². The van der Waals surface area contributed by atoms with Crippen LogP contribution in [0.5, 0.6) is 0 Å². The summed E-state index contributed by atoms with van der Waals surface area (Å²) in [5.41, 5.74) is 5.65. The molecule has 0 spiro atoms. The van der Waals surface area contributed by atoms with E-state index in [1.807, 2.05) is 27.7 Å². The Balaban J connectivity index is 4.31. The molecule has 102 valence electrons. The van der Waals surface area contributed by atoms with Gasteiger partial charge in [0.15, 0.2) is 0 Å². The summed E-state index contributed by atoms with van der Waals surface area (Å²) in [6.45, 7) is 8.65. The van der Waals surface area contributed by atoms with E-state index in [-0.39, 0.29) is 23.8 Å². The molecule has 0 aliphatic carbocycles. The Morgan fingerprint density at radius 3 is 2.24 bits per heavy atom. The maximum atomic E-state index is 11.8. The number of carbonyl (C=O) groups is 1. The van der Waals surface area contributed by atoms with Crippen LogP contribution in [0, 0.1) is 11.3 Å². The molecule has 0 aromatic rings. The molecular formula is C13H28N2O2. The van der Waals surface area contributed by atoms with Gasteiger partial charge in [0.2, 0.25) is 5.91 Å². The zero-order valence-corrected chi connectivity index (χ0v) is 11.6. The Morgan fingerprint density at radius 2 is 1.88 bits per heavy atom. The second kappa shape index (κ2) is 7.67. The van der Waals surface area contributed by atoms with E-state index >= 15 is 0 Å². The fraction of sp³-hybridized carbons (Fsp3) is 0.923. The maximum Gasteiger partial charge on any atom is 0.237 e. The molecule has 0 saturated carbocycles. The van der Waals surface area contributed by atoms with Crippen LogP contribution < -0.4 is 11.1 Å². The minimum atomic E-state index is -0.454. The number of nitrogens with one attached hydrogen (secondary N) is 1. The van der Waals surface area contributed by atoms with Crippen molar-refractivity contribution in [3.63, 3.8) is 0 Å². The summed E-state index contributed by atoms with van der Waals surface area (Å²) in [7, 11) is 0. The number of aliphatic hydroxyl groups is 1. The summed E-state index contributed by atoms with van der Waals surface area (Å²) in [6, 6.07) is -0.454. The standard InChI is InChI=1S/C13H28N2O2/c1-5-10(4)11(14)12(17)15-8-13(6-2,7-3)9-16/h10-11,16H,5-9,14H2,1-4H3,(H,15,17)/t10?,11-/m0/s1. The van der Waals surface area contributed by atoms with Gasteiger partial charge in [0.1, 0.15) is 0 Å². The lowest BCUT2D eigenvalue weighted by Gasteiger charge is -2.30. The first-order chi connectivity index (χ1) is 7.96. The lowest BCUT2D eigenvalue weighted by Crippen LogP contribution is -2.48. The van der Waals surface area contributed by atoms with Crippen LogP contribution in [0.1, 0.15) is 47.0 Å². The van der Waals surface area contributed by atoms with Crippen LogP contribution in [-0.2, 0) is 4.79 Å². The average molecular weight is 244 g/mol. The molecule has 4 N–H and O–H groups in total. The second-order valence-electron chi connectivity index (χ2n) is 4.99. The fourth-order valence-electron chi connectivity index (χ4n) is 1.68. The molecule has 0 aliphatic heterocycles. The Kier molecular flexibility index (Phi) is 7.39. The topological polar surface area (TPSA) is 75.4 Å². The van der Waals surface area contributed by atoms with E-state index in [0.29, 0.717) is 6.54 Å². The molecule has 2 atom stereocenters. The molecule has 1 unspecified atom stereocenters. The largest absolute Gasteiger partial charge is 0.396 e. The lowest BCUT2D eigenvalue weighted by atomic mass is 9.83. The number of amides is 1. The third-order valence-electron chi connectivity index (χ3n) is 4.03. The number of rotatable bonds is 8. The molecule has 4 nitrogen and oxygen atoms in total. The van der Waals surface area contributed by atoms with E-state index in [4.69, 9.17) is 5.73 Å². The first-order valence-electron chi connectivity index (χ1n) is 6.60. The zero-order valence-electron chi connectivity index (χ0n) is 11.6. The number of aliphatic hydroxyl groups excluding tert-OH is 1. The molecule has 0 aromatic carbocycles. The van der Waals surface area contributed by atoms with Crippen LogP contribution in [0.15, 0.2) is 0 Å². The highest BCUT2D eigenvalue weighted by atomic mass is 16.3. The molecule has 17 heavy (non-hydrogen) atoms. The van der Waals surface area contributed by atoms with Crippen LogP contribution >= 0.6 is 0 Å². The summed E-state index contributed by atoms with van der Waals surface area (Å²) in [4.78, 5) is 11.8. The van der Waals surface area contributed by atoms with Crippen molar-refractivity contribution >= 4 is 5.91 Å². The third kappa shape index (κ3) is 4.64. The van der Waals surface area contributed by atoms with Gasteiger partial charge in [-0.3, -0.25) is 4.79 Å². The van der Waals surface area contributed by atoms with Crippen molar-refractivity contribution in [2.45, 2.75) is 53.0 Å². The van der Waals surface area contributed by atoms with Gasteiger partial charge in [0.05, 0.1) is 12.6 Å². The summed E-state index contributed by atoms with van der Waals surface area (Å²) in [5.74, 6) is 0.0702. The SMILES string of the molecule is CCC(C)[C@H](N)C(=O)NCC(CC)(CC)CO. The monoisotopic (exact) mass is 244 g/mol. The molecule has 0 fully saturated rings. The van der Waals surface area contributed by atoms with Gasteiger partial charge in [-0.2, -0.15) is 0 Å². The van der Waals surface area contributed by atoms with Gasteiger partial charge in [-0.05, 0) is 18.8 Å². The zero-order chi connectivity index (χ0) is 13.5. The Morgan fingerprint density at radius 1 is 1.35 bits per heavy atom.